The summed E-state index contributed by atoms with van der Waals surface area (Å²) < 4.78 is 0. The molecule has 86 valence electrons. The highest BCUT2D eigenvalue weighted by Crippen LogP contribution is 2.33. The molecule has 0 aliphatic heterocycles. The summed E-state index contributed by atoms with van der Waals surface area (Å²) in [4.78, 5) is 21.4. The lowest BCUT2D eigenvalue weighted by Crippen LogP contribution is -2.42. The van der Waals surface area contributed by atoms with E-state index in [0.29, 0.717) is 19.4 Å². The van der Waals surface area contributed by atoms with Gasteiger partial charge >= 0.3 is 12.0 Å². The third-order valence-electron chi connectivity index (χ3n) is 2.52. The molecule has 0 spiro atoms. The molecule has 1 rings (SSSR count). The van der Waals surface area contributed by atoms with Crippen LogP contribution in [0, 0.1) is 0 Å². The van der Waals surface area contributed by atoms with E-state index in [1.54, 1.807) is 0 Å². The van der Waals surface area contributed by atoms with E-state index in [9.17, 15) is 9.59 Å². The Balaban J connectivity index is 1.95. The molecule has 0 aromatic rings. The smallest absolute Gasteiger partial charge is 0.315 e. The highest BCUT2D eigenvalue weighted by Gasteiger charge is 2.38. The molecule has 0 saturated heterocycles. The van der Waals surface area contributed by atoms with Crippen molar-refractivity contribution in [3.8, 4) is 0 Å². The third-order valence-corrected chi connectivity index (χ3v) is 2.52. The van der Waals surface area contributed by atoms with Crippen LogP contribution in [0.3, 0.4) is 0 Å². The summed E-state index contributed by atoms with van der Waals surface area (Å²) in [6.45, 7) is 2.55. The lowest BCUT2D eigenvalue weighted by Gasteiger charge is -2.12. The Kier molecular flexibility index (Phi) is 3.94. The summed E-state index contributed by atoms with van der Waals surface area (Å²) in [6.07, 6.45) is 3.56. The summed E-state index contributed by atoms with van der Waals surface area (Å²) >= 11 is 0. The number of aliphatic carboxylic acids is 1. The SMILES string of the molecule is CC1(NC(=O)NCCCCC(=O)O)CC1. The zero-order chi connectivity index (χ0) is 11.3. The minimum atomic E-state index is -0.787. The van der Waals surface area contributed by atoms with Crippen LogP contribution in [-0.4, -0.2) is 29.2 Å². The molecule has 0 radical (unpaired) electrons. The molecule has 5 heteroatoms. The van der Waals surface area contributed by atoms with Crippen molar-refractivity contribution in [2.24, 2.45) is 0 Å². The molecular weight excluding hydrogens is 196 g/mol. The van der Waals surface area contributed by atoms with Gasteiger partial charge in [-0.2, -0.15) is 0 Å². The van der Waals surface area contributed by atoms with E-state index in [4.69, 9.17) is 5.11 Å². The maximum absolute atomic E-state index is 11.3. The first kappa shape index (κ1) is 11.8. The number of amides is 2. The van der Waals surface area contributed by atoms with Crippen molar-refractivity contribution >= 4 is 12.0 Å². The van der Waals surface area contributed by atoms with Gasteiger partial charge in [0, 0.05) is 18.5 Å². The molecule has 1 aliphatic carbocycles. The zero-order valence-corrected chi connectivity index (χ0v) is 9.01. The lowest BCUT2D eigenvalue weighted by molar-refractivity contribution is -0.137. The van der Waals surface area contributed by atoms with Gasteiger partial charge in [-0.25, -0.2) is 4.79 Å². The van der Waals surface area contributed by atoms with Gasteiger partial charge in [0.15, 0.2) is 0 Å². The summed E-state index contributed by atoms with van der Waals surface area (Å²) in [7, 11) is 0. The maximum Gasteiger partial charge on any atom is 0.315 e. The van der Waals surface area contributed by atoms with Gasteiger partial charge in [0.1, 0.15) is 0 Å². The summed E-state index contributed by atoms with van der Waals surface area (Å²) in [5, 5.41) is 14.0. The monoisotopic (exact) mass is 214 g/mol. The standard InChI is InChI=1S/C10H18N2O3/c1-10(5-6-10)12-9(15)11-7-3-2-4-8(13)14/h2-7H2,1H3,(H,13,14)(H2,11,12,15). The number of hydrogen-bond donors (Lipinski definition) is 3. The van der Waals surface area contributed by atoms with Gasteiger partial charge in [0.2, 0.25) is 0 Å². The van der Waals surface area contributed by atoms with Crippen LogP contribution in [0.5, 0.6) is 0 Å². The highest BCUT2D eigenvalue weighted by atomic mass is 16.4. The molecule has 1 aliphatic rings. The van der Waals surface area contributed by atoms with Crippen molar-refractivity contribution in [3.05, 3.63) is 0 Å². The summed E-state index contributed by atoms with van der Waals surface area (Å²) in [6, 6.07) is -0.148. The number of carboxylic acid groups (broad SMARTS) is 1. The Morgan fingerprint density at radius 3 is 2.53 bits per heavy atom. The van der Waals surface area contributed by atoms with Crippen LogP contribution in [0.25, 0.3) is 0 Å². The van der Waals surface area contributed by atoms with E-state index in [-0.39, 0.29) is 18.0 Å². The zero-order valence-electron chi connectivity index (χ0n) is 9.01. The van der Waals surface area contributed by atoms with Crippen LogP contribution in [0.2, 0.25) is 0 Å². The van der Waals surface area contributed by atoms with E-state index < -0.39 is 5.97 Å². The number of urea groups is 1. The van der Waals surface area contributed by atoms with E-state index in [2.05, 4.69) is 10.6 Å². The second-order valence-corrected chi connectivity index (χ2v) is 4.29. The highest BCUT2D eigenvalue weighted by molar-refractivity contribution is 5.75. The molecule has 3 N–H and O–H groups in total. The van der Waals surface area contributed by atoms with Crippen molar-refractivity contribution in [2.45, 2.75) is 44.6 Å². The second kappa shape index (κ2) is 5.00. The molecule has 0 bridgehead atoms. The van der Waals surface area contributed by atoms with E-state index in [0.717, 1.165) is 12.8 Å². The van der Waals surface area contributed by atoms with Crippen molar-refractivity contribution in [1.82, 2.24) is 10.6 Å². The minimum Gasteiger partial charge on any atom is -0.481 e. The molecule has 0 unspecified atom stereocenters. The minimum absolute atomic E-state index is 0.00511. The Bertz CT molecular complexity index is 249. The third kappa shape index (κ3) is 5.24. The molecule has 15 heavy (non-hydrogen) atoms. The van der Waals surface area contributed by atoms with Gasteiger partial charge in [-0.05, 0) is 32.6 Å². The molecule has 0 atom stereocenters. The number of unbranched alkanes of at least 4 members (excludes halogenated alkanes) is 1. The van der Waals surface area contributed by atoms with Crippen molar-refractivity contribution in [2.75, 3.05) is 6.54 Å². The molecule has 0 aromatic heterocycles. The number of hydrogen-bond acceptors (Lipinski definition) is 2. The predicted molar refractivity (Wildman–Crippen MR) is 55.7 cm³/mol. The molecule has 0 heterocycles. The summed E-state index contributed by atoms with van der Waals surface area (Å²) in [5.41, 5.74) is 0.00511. The number of carbonyl (C=O) groups is 2. The van der Waals surface area contributed by atoms with Crippen LogP contribution in [0.15, 0.2) is 0 Å². The van der Waals surface area contributed by atoms with Gasteiger partial charge in [-0.15, -0.1) is 0 Å². The second-order valence-electron chi connectivity index (χ2n) is 4.29. The molecule has 1 fully saturated rings. The van der Waals surface area contributed by atoms with Gasteiger partial charge in [0.05, 0.1) is 0 Å². The fourth-order valence-corrected chi connectivity index (χ4v) is 1.23. The van der Waals surface area contributed by atoms with Crippen LogP contribution in [-0.2, 0) is 4.79 Å². The number of carbonyl (C=O) groups excluding carboxylic acids is 1. The quantitative estimate of drug-likeness (QED) is 0.579. The fourth-order valence-electron chi connectivity index (χ4n) is 1.23. The Hall–Kier alpha value is -1.26. The Morgan fingerprint density at radius 1 is 1.33 bits per heavy atom. The van der Waals surface area contributed by atoms with Crippen molar-refractivity contribution in [3.63, 3.8) is 0 Å². The first-order valence-electron chi connectivity index (χ1n) is 5.30. The Morgan fingerprint density at radius 2 is 2.00 bits per heavy atom. The average molecular weight is 214 g/mol. The lowest BCUT2D eigenvalue weighted by atomic mass is 10.2. The fraction of sp³-hybridized carbons (Fsp3) is 0.800. The van der Waals surface area contributed by atoms with Gasteiger partial charge < -0.3 is 15.7 Å². The maximum atomic E-state index is 11.3. The normalized spacial score (nSPS) is 16.9. The molecular formula is C10H18N2O3. The van der Waals surface area contributed by atoms with Gasteiger partial charge in [-0.3, -0.25) is 4.79 Å². The largest absolute Gasteiger partial charge is 0.481 e. The van der Waals surface area contributed by atoms with Gasteiger partial charge in [0.25, 0.3) is 0 Å². The number of nitrogens with one attached hydrogen (secondary N) is 2. The van der Waals surface area contributed by atoms with Crippen LogP contribution >= 0.6 is 0 Å². The van der Waals surface area contributed by atoms with Crippen LogP contribution in [0.4, 0.5) is 4.79 Å². The molecule has 1 saturated carbocycles. The van der Waals surface area contributed by atoms with E-state index >= 15 is 0 Å². The first-order valence-corrected chi connectivity index (χ1v) is 5.30. The number of rotatable bonds is 6. The van der Waals surface area contributed by atoms with Crippen LogP contribution < -0.4 is 10.6 Å². The summed E-state index contributed by atoms with van der Waals surface area (Å²) in [5.74, 6) is -0.787. The van der Waals surface area contributed by atoms with E-state index in [1.807, 2.05) is 6.92 Å². The van der Waals surface area contributed by atoms with Crippen LogP contribution in [0.1, 0.15) is 39.0 Å². The molecule has 2 amide bonds. The predicted octanol–water partition coefficient (Wildman–Crippen LogP) is 1.09. The van der Waals surface area contributed by atoms with Gasteiger partial charge in [-0.1, -0.05) is 0 Å². The topological polar surface area (TPSA) is 78.4 Å². The van der Waals surface area contributed by atoms with Crippen molar-refractivity contribution in [1.29, 1.82) is 0 Å². The average Bonchev–Trinajstić information content (AvgIpc) is 2.82. The Labute approximate surface area is 89.2 Å². The number of carboxylic acids is 1. The van der Waals surface area contributed by atoms with E-state index in [1.165, 1.54) is 0 Å². The molecule has 0 aromatic carbocycles. The molecule has 5 nitrogen and oxygen atoms in total. The first-order chi connectivity index (χ1) is 7.02. The van der Waals surface area contributed by atoms with Crippen molar-refractivity contribution < 1.29 is 14.7 Å².